The number of halogens is 1. The van der Waals surface area contributed by atoms with E-state index in [0.29, 0.717) is 11.0 Å². The van der Waals surface area contributed by atoms with Gasteiger partial charge in [0.2, 0.25) is 0 Å². The van der Waals surface area contributed by atoms with Gasteiger partial charge >= 0.3 is 12.1 Å². The molecule has 0 fully saturated rings. The normalized spacial score (nSPS) is 11.3. The molecule has 0 radical (unpaired) electrons. The number of para-hydroxylation sites is 2. The number of hydrogen-bond donors (Lipinski definition) is 1. The van der Waals surface area contributed by atoms with Crippen LogP contribution < -0.4 is 5.32 Å². The van der Waals surface area contributed by atoms with Crippen molar-refractivity contribution in [2.45, 2.75) is 45.6 Å². The number of rotatable bonds is 9. The van der Waals surface area contributed by atoms with Crippen LogP contribution in [-0.4, -0.2) is 54.8 Å². The quantitative estimate of drug-likeness (QED) is 0.445. The van der Waals surface area contributed by atoms with E-state index in [9.17, 15) is 23.6 Å². The van der Waals surface area contributed by atoms with Crippen molar-refractivity contribution in [3.05, 3.63) is 48.5 Å². The van der Waals surface area contributed by atoms with Crippen LogP contribution in [0.15, 0.2) is 48.5 Å². The van der Waals surface area contributed by atoms with Gasteiger partial charge in [-0.05, 0) is 12.1 Å². The second-order valence-electron chi connectivity index (χ2n) is 7.78. The summed E-state index contributed by atoms with van der Waals surface area (Å²) in [4.78, 5) is 47.8. The molecule has 0 aliphatic heterocycles. The molecule has 35 heavy (non-hydrogen) atoms. The van der Waals surface area contributed by atoms with Gasteiger partial charge in [-0.25, -0.2) is 13.8 Å². The Labute approximate surface area is 203 Å². The molecular formula is C26H31FN2O6. The molecule has 0 saturated heterocycles. The smallest absolute Gasteiger partial charge is 0.419 e. The Morgan fingerprint density at radius 3 is 1.94 bits per heavy atom. The molecule has 0 bridgehead atoms. The van der Waals surface area contributed by atoms with Gasteiger partial charge in [0.15, 0.2) is 12.4 Å². The maximum absolute atomic E-state index is 12.7. The summed E-state index contributed by atoms with van der Waals surface area (Å²) < 4.78 is 23.6. The molecular weight excluding hydrogens is 455 g/mol. The molecule has 1 atom stereocenters. The summed E-state index contributed by atoms with van der Waals surface area (Å²) >= 11 is 0. The van der Waals surface area contributed by atoms with Crippen LogP contribution in [0.25, 0.3) is 21.8 Å². The lowest BCUT2D eigenvalue weighted by molar-refractivity contribution is -0.143. The summed E-state index contributed by atoms with van der Waals surface area (Å²) in [7, 11) is 1.11. The molecule has 9 heteroatoms. The lowest BCUT2D eigenvalue weighted by Gasteiger charge is -2.15. The number of unbranched alkanes of at least 4 members (excludes halogenated alkanes) is 2. The van der Waals surface area contributed by atoms with E-state index in [1.807, 2.05) is 24.3 Å². The number of carbonyl (C=O) groups excluding carboxylic acids is 4. The summed E-state index contributed by atoms with van der Waals surface area (Å²) in [6, 6.07) is 13.1. The first-order valence-electron chi connectivity index (χ1n) is 11.5. The van der Waals surface area contributed by atoms with Crippen molar-refractivity contribution in [1.82, 2.24) is 9.88 Å². The monoisotopic (exact) mass is 486 g/mol. The zero-order chi connectivity index (χ0) is 25.8. The van der Waals surface area contributed by atoms with Crippen LogP contribution in [0.2, 0.25) is 0 Å². The van der Waals surface area contributed by atoms with E-state index in [1.165, 1.54) is 23.8 Å². The molecule has 8 nitrogen and oxygen atoms in total. The summed E-state index contributed by atoms with van der Waals surface area (Å²) in [6.45, 7) is 2.35. The number of esters is 1. The summed E-state index contributed by atoms with van der Waals surface area (Å²) in [6.07, 6.45) is 2.77. The van der Waals surface area contributed by atoms with Crippen LogP contribution in [0, 0.1) is 0 Å². The third-order valence-electron chi connectivity index (χ3n) is 5.25. The average molecular weight is 487 g/mol. The van der Waals surface area contributed by atoms with E-state index in [-0.39, 0.29) is 0 Å². The number of Topliss-reactive ketones (excluding diaryl/α,β-unsaturated/α-hetero) is 1. The zero-order valence-electron chi connectivity index (χ0n) is 20.2. The van der Waals surface area contributed by atoms with Gasteiger partial charge in [0.25, 0.3) is 5.91 Å². The maximum Gasteiger partial charge on any atom is 0.419 e. The number of aromatic nitrogens is 1. The van der Waals surface area contributed by atoms with Gasteiger partial charge < -0.3 is 14.8 Å². The van der Waals surface area contributed by atoms with Crippen molar-refractivity contribution >= 4 is 45.6 Å². The predicted molar refractivity (Wildman–Crippen MR) is 131 cm³/mol. The molecule has 188 valence electrons. The number of fused-ring (bicyclic) bond motifs is 3. The van der Waals surface area contributed by atoms with Gasteiger partial charge in [0.1, 0.15) is 12.7 Å². The van der Waals surface area contributed by atoms with E-state index in [2.05, 4.69) is 23.9 Å². The molecule has 3 aromatic rings. The van der Waals surface area contributed by atoms with Crippen LogP contribution >= 0.6 is 0 Å². The molecule has 1 N–H and O–H groups in total. The highest BCUT2D eigenvalue weighted by atomic mass is 19.1. The highest BCUT2D eigenvalue weighted by Crippen LogP contribution is 2.28. The summed E-state index contributed by atoms with van der Waals surface area (Å²) in [5, 5.41) is 3.89. The van der Waals surface area contributed by atoms with Gasteiger partial charge in [-0.1, -0.05) is 69.5 Å². The molecule has 2 aromatic carbocycles. The number of amides is 1. The van der Waals surface area contributed by atoms with Crippen molar-refractivity contribution in [2.75, 3.05) is 20.4 Å². The van der Waals surface area contributed by atoms with Crippen molar-refractivity contribution in [2.24, 2.45) is 0 Å². The van der Waals surface area contributed by atoms with Gasteiger partial charge in [0.05, 0.1) is 24.6 Å². The molecule has 0 saturated carbocycles. The highest BCUT2D eigenvalue weighted by Gasteiger charge is 2.25. The second-order valence-corrected chi connectivity index (χ2v) is 7.78. The number of ether oxygens (including phenoxy) is 2. The fourth-order valence-corrected chi connectivity index (χ4v) is 3.49. The Bertz CT molecular complexity index is 1120. The standard InChI is InChI=1S/C21H19FN2O6.C5H12/c1-29-20(27)10-15(18(25)11-22)23-19(26)12-30-21(28)24-16-8-4-2-6-13(16)14-7-3-5-9-17(14)24;1-3-5-4-2/h2-9,15H,10-12H2,1H3,(H,23,26);3-5H2,1-2H3. The number of nitrogens with zero attached hydrogens (tertiary/aromatic N) is 1. The van der Waals surface area contributed by atoms with Crippen LogP contribution in [0.3, 0.4) is 0 Å². The number of alkyl halides is 1. The lowest BCUT2D eigenvalue weighted by Crippen LogP contribution is -2.45. The molecule has 0 aliphatic carbocycles. The molecule has 1 heterocycles. The fraction of sp³-hybridized carbons (Fsp3) is 0.385. The average Bonchev–Trinajstić information content (AvgIpc) is 3.21. The predicted octanol–water partition coefficient (Wildman–Crippen LogP) is 4.56. The van der Waals surface area contributed by atoms with Gasteiger partial charge in [0, 0.05) is 10.8 Å². The Morgan fingerprint density at radius 2 is 1.49 bits per heavy atom. The topological polar surface area (TPSA) is 104 Å². The Balaban J connectivity index is 0.000000784. The largest absolute Gasteiger partial charge is 0.469 e. The number of hydrogen-bond acceptors (Lipinski definition) is 6. The molecule has 0 spiro atoms. The first kappa shape index (κ1) is 27.5. The second kappa shape index (κ2) is 13.8. The van der Waals surface area contributed by atoms with Crippen LogP contribution in [0.5, 0.6) is 0 Å². The summed E-state index contributed by atoms with van der Waals surface area (Å²) in [5.74, 6) is -2.62. The van der Waals surface area contributed by atoms with Crippen molar-refractivity contribution < 1.29 is 33.0 Å². The van der Waals surface area contributed by atoms with Crippen molar-refractivity contribution in [3.63, 3.8) is 0 Å². The van der Waals surface area contributed by atoms with E-state index < -0.39 is 49.5 Å². The van der Waals surface area contributed by atoms with Crippen LogP contribution in [0.1, 0.15) is 39.5 Å². The first-order chi connectivity index (χ1) is 16.9. The molecule has 1 aromatic heterocycles. The van der Waals surface area contributed by atoms with E-state index in [1.54, 1.807) is 24.3 Å². The Kier molecular flexibility index (Phi) is 10.9. The Morgan fingerprint density at radius 1 is 0.943 bits per heavy atom. The number of methoxy groups -OCH3 is 1. The van der Waals surface area contributed by atoms with Gasteiger partial charge in [-0.15, -0.1) is 0 Å². The minimum absolute atomic E-state index is 0.522. The minimum atomic E-state index is -1.40. The number of ketones is 1. The van der Waals surface area contributed by atoms with Crippen LogP contribution in [-0.2, 0) is 23.9 Å². The molecule has 3 rings (SSSR count). The number of carbonyl (C=O) groups is 4. The third-order valence-corrected chi connectivity index (χ3v) is 5.25. The van der Waals surface area contributed by atoms with E-state index >= 15 is 0 Å². The molecule has 0 aliphatic rings. The van der Waals surface area contributed by atoms with Gasteiger partial charge in [-0.2, -0.15) is 0 Å². The van der Waals surface area contributed by atoms with Crippen molar-refractivity contribution in [3.8, 4) is 0 Å². The Hall–Kier alpha value is -3.75. The zero-order valence-corrected chi connectivity index (χ0v) is 20.2. The summed E-state index contributed by atoms with van der Waals surface area (Å²) in [5.41, 5.74) is 1.22. The van der Waals surface area contributed by atoms with E-state index in [0.717, 1.165) is 17.9 Å². The number of nitrogens with one attached hydrogen (secondary N) is 1. The van der Waals surface area contributed by atoms with Crippen molar-refractivity contribution in [1.29, 1.82) is 0 Å². The maximum atomic E-state index is 12.7. The van der Waals surface area contributed by atoms with E-state index in [4.69, 9.17) is 4.74 Å². The lowest BCUT2D eigenvalue weighted by atomic mass is 10.1. The first-order valence-corrected chi connectivity index (χ1v) is 11.5. The fourth-order valence-electron chi connectivity index (χ4n) is 3.49. The van der Waals surface area contributed by atoms with Crippen LogP contribution in [0.4, 0.5) is 9.18 Å². The molecule has 1 unspecified atom stereocenters. The third kappa shape index (κ3) is 7.37. The minimum Gasteiger partial charge on any atom is -0.469 e. The molecule has 1 amide bonds. The highest BCUT2D eigenvalue weighted by molar-refractivity contribution is 6.12. The number of benzene rings is 2. The van der Waals surface area contributed by atoms with Gasteiger partial charge in [-0.3, -0.25) is 14.4 Å². The SMILES string of the molecule is CCCCC.COC(=O)CC(NC(=O)COC(=O)n1c2ccccc2c2ccccc21)C(=O)CF.